The summed E-state index contributed by atoms with van der Waals surface area (Å²) in [7, 11) is 0. The van der Waals surface area contributed by atoms with Crippen molar-refractivity contribution in [2.24, 2.45) is 0 Å². The summed E-state index contributed by atoms with van der Waals surface area (Å²) in [6.07, 6.45) is 5.05. The molecule has 194 valence electrons. The predicted octanol–water partition coefficient (Wildman–Crippen LogP) is 5.36. The lowest BCUT2D eigenvalue weighted by atomic mass is 10.1. The van der Waals surface area contributed by atoms with Gasteiger partial charge < -0.3 is 15.0 Å². The Morgan fingerprint density at radius 3 is 2.76 bits per heavy atom. The highest BCUT2D eigenvalue weighted by molar-refractivity contribution is 5.86. The number of nitrogens with zero attached hydrogens (tertiary/aromatic N) is 6. The number of amides is 1. The Balaban J connectivity index is 1.42. The average Bonchev–Trinajstić information content (AvgIpc) is 3.32. The molecule has 4 aromatic rings. The molecule has 0 saturated carbocycles. The number of fused-ring (bicyclic) bond motifs is 1. The van der Waals surface area contributed by atoms with Crippen molar-refractivity contribution in [1.82, 2.24) is 24.4 Å². The fourth-order valence-corrected chi connectivity index (χ4v) is 4.69. The van der Waals surface area contributed by atoms with Crippen molar-refractivity contribution < 1.29 is 9.53 Å². The van der Waals surface area contributed by atoms with Crippen molar-refractivity contribution in [1.29, 1.82) is 5.26 Å². The third kappa shape index (κ3) is 5.59. The Morgan fingerprint density at radius 1 is 1.16 bits per heavy atom. The third-order valence-electron chi connectivity index (χ3n) is 6.38. The molecule has 1 amide bonds. The summed E-state index contributed by atoms with van der Waals surface area (Å²) >= 11 is 0. The van der Waals surface area contributed by atoms with Crippen LogP contribution in [0.25, 0.3) is 28.0 Å². The van der Waals surface area contributed by atoms with Gasteiger partial charge in [0.05, 0.1) is 24.4 Å². The second-order valence-electron chi connectivity index (χ2n) is 10.5. The predicted molar refractivity (Wildman–Crippen MR) is 146 cm³/mol. The van der Waals surface area contributed by atoms with Crippen molar-refractivity contribution in [3.63, 3.8) is 0 Å². The monoisotopic (exact) mass is 509 g/mol. The van der Waals surface area contributed by atoms with E-state index in [1.165, 1.54) is 0 Å². The number of nitriles is 1. The van der Waals surface area contributed by atoms with Crippen LogP contribution in [0.15, 0.2) is 60.9 Å². The second-order valence-corrected chi connectivity index (χ2v) is 10.5. The van der Waals surface area contributed by atoms with E-state index in [2.05, 4.69) is 45.6 Å². The van der Waals surface area contributed by atoms with Crippen LogP contribution in [0.2, 0.25) is 0 Å². The first-order valence-electron chi connectivity index (χ1n) is 12.8. The van der Waals surface area contributed by atoms with E-state index in [1.807, 2.05) is 49.6 Å². The smallest absolute Gasteiger partial charge is 0.410 e. The van der Waals surface area contributed by atoms with Crippen molar-refractivity contribution in [3.05, 3.63) is 66.6 Å². The highest BCUT2D eigenvalue weighted by atomic mass is 16.6. The summed E-state index contributed by atoms with van der Waals surface area (Å²) < 4.78 is 7.46. The Labute approximate surface area is 222 Å². The standard InChI is InChI=1S/C29H31N7O2/c1-29(2,3)38-28(37)35-16-6-9-23(19-35)33-27-31-15-13-25(34-27)36-24(12-14-30)18-32-26(36)22-11-10-20-7-4-5-8-21(20)17-22/h4-5,7-8,10-11,13,15,17-18,23H,6,9,12,16,19H2,1-3H3,(H,31,33,34). The Kier molecular flexibility index (Phi) is 6.97. The minimum atomic E-state index is -0.538. The summed E-state index contributed by atoms with van der Waals surface area (Å²) in [5, 5.41) is 15.1. The number of hydrogen-bond acceptors (Lipinski definition) is 7. The van der Waals surface area contributed by atoms with E-state index in [0.717, 1.165) is 34.9 Å². The molecule has 1 saturated heterocycles. The maximum atomic E-state index is 12.6. The number of rotatable bonds is 5. The number of piperidine rings is 1. The van der Waals surface area contributed by atoms with Gasteiger partial charge in [-0.1, -0.05) is 36.4 Å². The minimum absolute atomic E-state index is 0.00663. The lowest BCUT2D eigenvalue weighted by Crippen LogP contribution is -2.47. The molecule has 1 atom stereocenters. The lowest BCUT2D eigenvalue weighted by molar-refractivity contribution is 0.0206. The van der Waals surface area contributed by atoms with Gasteiger partial charge in [-0.15, -0.1) is 0 Å². The van der Waals surface area contributed by atoms with Gasteiger partial charge in [0.2, 0.25) is 5.95 Å². The number of hydrogen-bond donors (Lipinski definition) is 1. The van der Waals surface area contributed by atoms with Crippen LogP contribution in [0.3, 0.4) is 0 Å². The summed E-state index contributed by atoms with van der Waals surface area (Å²) in [6, 6.07) is 18.4. The molecule has 1 unspecified atom stereocenters. The zero-order valence-corrected chi connectivity index (χ0v) is 21.9. The average molecular weight is 510 g/mol. The molecular formula is C29H31N7O2. The lowest BCUT2D eigenvalue weighted by Gasteiger charge is -2.34. The quantitative estimate of drug-likeness (QED) is 0.386. The van der Waals surface area contributed by atoms with Crippen LogP contribution in [0, 0.1) is 11.3 Å². The second kappa shape index (κ2) is 10.5. The largest absolute Gasteiger partial charge is 0.444 e. The minimum Gasteiger partial charge on any atom is -0.444 e. The van der Waals surface area contributed by atoms with Crippen molar-refractivity contribution >= 4 is 22.8 Å². The van der Waals surface area contributed by atoms with Gasteiger partial charge in [-0.25, -0.2) is 14.8 Å². The van der Waals surface area contributed by atoms with Crippen molar-refractivity contribution in [2.45, 2.75) is 51.7 Å². The number of imidazole rings is 1. The number of carbonyl (C=O) groups excluding carboxylic acids is 1. The first-order chi connectivity index (χ1) is 18.3. The van der Waals surface area contributed by atoms with E-state index in [9.17, 15) is 10.1 Å². The molecule has 9 nitrogen and oxygen atoms in total. The van der Waals surface area contributed by atoms with Crippen LogP contribution in [0.5, 0.6) is 0 Å². The SMILES string of the molecule is CC(C)(C)OC(=O)N1CCCC(Nc2nccc(-n3c(CC#N)cnc3-c3ccc4ccccc4c3)n2)C1. The molecule has 2 aromatic carbocycles. The molecule has 9 heteroatoms. The molecule has 5 rings (SSSR count). The number of anilines is 1. The van der Waals surface area contributed by atoms with Crippen LogP contribution < -0.4 is 5.32 Å². The normalized spacial score (nSPS) is 15.7. The molecule has 1 aliphatic rings. The molecule has 1 fully saturated rings. The van der Waals surface area contributed by atoms with Gasteiger partial charge >= 0.3 is 6.09 Å². The first kappa shape index (κ1) is 25.2. The molecule has 0 aliphatic carbocycles. The molecule has 1 aliphatic heterocycles. The summed E-state index contributed by atoms with van der Waals surface area (Å²) in [5.41, 5.74) is 1.14. The van der Waals surface area contributed by atoms with Crippen LogP contribution in [0.1, 0.15) is 39.3 Å². The van der Waals surface area contributed by atoms with Crippen LogP contribution in [-0.2, 0) is 11.2 Å². The van der Waals surface area contributed by atoms with Gasteiger partial charge in [0.1, 0.15) is 17.2 Å². The van der Waals surface area contributed by atoms with E-state index in [1.54, 1.807) is 17.3 Å². The number of carbonyl (C=O) groups is 1. The number of ether oxygens (including phenoxy) is 1. The van der Waals surface area contributed by atoms with E-state index in [-0.39, 0.29) is 18.6 Å². The van der Waals surface area contributed by atoms with Gasteiger partial charge in [-0.2, -0.15) is 10.2 Å². The third-order valence-corrected chi connectivity index (χ3v) is 6.38. The molecule has 0 spiro atoms. The number of benzene rings is 2. The molecule has 38 heavy (non-hydrogen) atoms. The van der Waals surface area contributed by atoms with Gasteiger partial charge in [0.15, 0.2) is 0 Å². The van der Waals surface area contributed by atoms with Crippen LogP contribution in [-0.4, -0.2) is 55.2 Å². The van der Waals surface area contributed by atoms with Crippen molar-refractivity contribution in [2.75, 3.05) is 18.4 Å². The van der Waals surface area contributed by atoms with E-state index in [0.29, 0.717) is 30.7 Å². The molecule has 1 N–H and O–H groups in total. The Morgan fingerprint density at radius 2 is 1.97 bits per heavy atom. The molecular weight excluding hydrogens is 478 g/mol. The molecule has 0 radical (unpaired) electrons. The van der Waals surface area contributed by atoms with E-state index >= 15 is 0 Å². The maximum Gasteiger partial charge on any atom is 0.410 e. The first-order valence-corrected chi connectivity index (χ1v) is 12.8. The topological polar surface area (TPSA) is 109 Å². The van der Waals surface area contributed by atoms with Crippen molar-refractivity contribution in [3.8, 4) is 23.3 Å². The zero-order valence-electron chi connectivity index (χ0n) is 21.9. The van der Waals surface area contributed by atoms with Gasteiger partial charge in [0.25, 0.3) is 0 Å². The molecule has 3 heterocycles. The fraction of sp³-hybridized carbons (Fsp3) is 0.345. The van der Waals surface area contributed by atoms with Gasteiger partial charge in [-0.3, -0.25) is 4.57 Å². The zero-order chi connectivity index (χ0) is 26.7. The van der Waals surface area contributed by atoms with Crippen LogP contribution in [0.4, 0.5) is 10.7 Å². The molecule has 0 bridgehead atoms. The molecule has 2 aromatic heterocycles. The van der Waals surface area contributed by atoms with E-state index < -0.39 is 5.60 Å². The highest BCUT2D eigenvalue weighted by Gasteiger charge is 2.28. The number of likely N-dealkylation sites (tertiary alicyclic amines) is 1. The van der Waals surface area contributed by atoms with Gasteiger partial charge in [-0.05, 0) is 56.5 Å². The summed E-state index contributed by atoms with van der Waals surface area (Å²) in [6.45, 7) is 6.78. The fourth-order valence-electron chi connectivity index (χ4n) is 4.69. The van der Waals surface area contributed by atoms with E-state index in [4.69, 9.17) is 9.72 Å². The summed E-state index contributed by atoms with van der Waals surface area (Å²) in [5.74, 6) is 1.78. The Hall–Kier alpha value is -4.45. The number of aromatic nitrogens is 4. The highest BCUT2D eigenvalue weighted by Crippen LogP contribution is 2.27. The van der Waals surface area contributed by atoms with Gasteiger partial charge in [0, 0.05) is 30.9 Å². The Bertz CT molecular complexity index is 1500. The maximum absolute atomic E-state index is 12.6. The van der Waals surface area contributed by atoms with Crippen LogP contribution >= 0.6 is 0 Å². The summed E-state index contributed by atoms with van der Waals surface area (Å²) in [4.78, 5) is 28.2. The number of nitrogens with one attached hydrogen (secondary N) is 1.